The van der Waals surface area contributed by atoms with E-state index in [2.05, 4.69) is 11.1 Å². The molecular weight excluding hydrogens is 326 g/mol. The summed E-state index contributed by atoms with van der Waals surface area (Å²) in [5.74, 6) is 0. The highest BCUT2D eigenvalue weighted by atomic mass is 35.5. The molecular formula is C13H6Cl4N2. The summed E-state index contributed by atoms with van der Waals surface area (Å²) >= 11 is 24.2. The van der Waals surface area contributed by atoms with Gasteiger partial charge in [0.25, 0.3) is 0 Å². The third-order valence-corrected chi connectivity index (χ3v) is 3.57. The lowest BCUT2D eigenvalue weighted by Crippen LogP contribution is -1.91. The number of rotatable bonds is 2. The highest BCUT2D eigenvalue weighted by molar-refractivity contribution is 6.43. The van der Waals surface area contributed by atoms with E-state index in [1.807, 2.05) is 0 Å². The van der Waals surface area contributed by atoms with Crippen LogP contribution in [0.25, 0.3) is 11.1 Å². The first kappa shape index (κ1) is 14.4. The van der Waals surface area contributed by atoms with Crippen molar-refractivity contribution in [1.82, 2.24) is 4.98 Å². The molecule has 0 bridgehead atoms. The van der Waals surface area contributed by atoms with Crippen LogP contribution < -0.4 is 0 Å². The molecule has 6 heteroatoms. The summed E-state index contributed by atoms with van der Waals surface area (Å²) in [7, 11) is 0. The van der Waals surface area contributed by atoms with Gasteiger partial charge in [-0.25, -0.2) is 4.98 Å². The third-order valence-electron chi connectivity index (χ3n) is 2.46. The van der Waals surface area contributed by atoms with Crippen LogP contribution in [0.2, 0.25) is 20.2 Å². The first-order chi connectivity index (χ1) is 9.02. The highest BCUT2D eigenvalue weighted by Gasteiger charge is 2.14. The van der Waals surface area contributed by atoms with Crippen molar-refractivity contribution in [2.75, 3.05) is 0 Å². The molecule has 0 aliphatic heterocycles. The molecule has 0 unspecified atom stereocenters. The van der Waals surface area contributed by atoms with Crippen molar-refractivity contribution < 1.29 is 0 Å². The molecule has 2 aromatic rings. The molecule has 0 N–H and O–H groups in total. The van der Waals surface area contributed by atoms with Gasteiger partial charge in [0.1, 0.15) is 5.15 Å². The fourth-order valence-corrected chi connectivity index (χ4v) is 2.87. The van der Waals surface area contributed by atoms with Crippen molar-refractivity contribution in [3.63, 3.8) is 0 Å². The third kappa shape index (κ3) is 3.13. The van der Waals surface area contributed by atoms with Crippen LogP contribution in [0.1, 0.15) is 5.56 Å². The van der Waals surface area contributed by atoms with Gasteiger partial charge in [-0.2, -0.15) is 5.26 Å². The molecule has 1 aromatic heterocycles. The van der Waals surface area contributed by atoms with Gasteiger partial charge in [0, 0.05) is 22.3 Å². The molecule has 0 saturated carbocycles. The Bertz CT molecular complexity index is 654. The molecule has 2 nitrogen and oxygen atoms in total. The van der Waals surface area contributed by atoms with E-state index in [4.69, 9.17) is 51.7 Å². The first-order valence-corrected chi connectivity index (χ1v) is 6.70. The summed E-state index contributed by atoms with van der Waals surface area (Å²) in [4.78, 5) is 4.04. The lowest BCUT2D eigenvalue weighted by atomic mass is 10.0. The second kappa shape index (κ2) is 5.98. The number of benzene rings is 1. The predicted octanol–water partition coefficient (Wildman–Crippen LogP) is 5.43. The second-order valence-electron chi connectivity index (χ2n) is 3.76. The smallest absolute Gasteiger partial charge is 0.136 e. The van der Waals surface area contributed by atoms with Gasteiger partial charge in [-0.1, -0.05) is 46.4 Å². The summed E-state index contributed by atoms with van der Waals surface area (Å²) < 4.78 is 0. The van der Waals surface area contributed by atoms with Gasteiger partial charge in [-0.15, -0.1) is 0 Å². The largest absolute Gasteiger partial charge is 0.244 e. The summed E-state index contributed by atoms with van der Waals surface area (Å²) in [5.41, 5.74) is 1.88. The van der Waals surface area contributed by atoms with Crippen molar-refractivity contribution in [2.24, 2.45) is 0 Å². The summed E-state index contributed by atoms with van der Waals surface area (Å²) in [6.45, 7) is 0. The van der Waals surface area contributed by atoms with Crippen molar-refractivity contribution in [3.8, 4) is 17.2 Å². The molecule has 0 aliphatic carbocycles. The number of nitriles is 1. The summed E-state index contributed by atoms with van der Waals surface area (Å²) in [6, 6.07) is 6.96. The number of aromatic nitrogens is 1. The van der Waals surface area contributed by atoms with E-state index in [-0.39, 0.29) is 11.6 Å². The molecule has 0 fully saturated rings. The molecule has 0 radical (unpaired) electrons. The SMILES string of the molecule is N#CCc1cnc(Cl)c(-c2c(Cl)cc(Cl)cc2Cl)c1. The monoisotopic (exact) mass is 330 g/mol. The maximum absolute atomic E-state index is 8.72. The minimum Gasteiger partial charge on any atom is -0.244 e. The van der Waals surface area contributed by atoms with Crippen molar-refractivity contribution in [1.29, 1.82) is 5.26 Å². The van der Waals surface area contributed by atoms with Crippen LogP contribution >= 0.6 is 46.4 Å². The Hall–Kier alpha value is -0.980. The van der Waals surface area contributed by atoms with E-state index in [0.717, 1.165) is 5.56 Å². The second-order valence-corrected chi connectivity index (χ2v) is 5.37. The van der Waals surface area contributed by atoms with E-state index in [1.54, 1.807) is 24.4 Å². The highest BCUT2D eigenvalue weighted by Crippen LogP contribution is 2.39. The van der Waals surface area contributed by atoms with E-state index in [1.165, 1.54) is 0 Å². The fraction of sp³-hybridized carbons (Fsp3) is 0.0769. The minimum absolute atomic E-state index is 0.236. The predicted molar refractivity (Wildman–Crippen MR) is 79.0 cm³/mol. The molecule has 19 heavy (non-hydrogen) atoms. The number of hydrogen-bond donors (Lipinski definition) is 0. The van der Waals surface area contributed by atoms with Crippen molar-refractivity contribution in [2.45, 2.75) is 6.42 Å². The first-order valence-electron chi connectivity index (χ1n) is 5.19. The lowest BCUT2D eigenvalue weighted by Gasteiger charge is -2.10. The molecule has 2 rings (SSSR count). The van der Waals surface area contributed by atoms with Gasteiger partial charge < -0.3 is 0 Å². The normalized spacial score (nSPS) is 10.3. The van der Waals surface area contributed by atoms with Crippen LogP contribution in [-0.2, 0) is 6.42 Å². The van der Waals surface area contributed by atoms with E-state index >= 15 is 0 Å². The van der Waals surface area contributed by atoms with Crippen molar-refractivity contribution in [3.05, 3.63) is 50.2 Å². The Morgan fingerprint density at radius 1 is 1.05 bits per heavy atom. The zero-order valence-electron chi connectivity index (χ0n) is 9.42. The Morgan fingerprint density at radius 2 is 1.68 bits per heavy atom. The van der Waals surface area contributed by atoms with E-state index in [0.29, 0.717) is 26.2 Å². The Labute approximate surface area is 130 Å². The molecule has 0 amide bonds. The Morgan fingerprint density at radius 3 is 2.26 bits per heavy atom. The van der Waals surface area contributed by atoms with Crippen LogP contribution in [0.5, 0.6) is 0 Å². The van der Waals surface area contributed by atoms with Gasteiger partial charge >= 0.3 is 0 Å². The van der Waals surface area contributed by atoms with Gasteiger partial charge in [0.2, 0.25) is 0 Å². The number of halogens is 4. The molecule has 96 valence electrons. The van der Waals surface area contributed by atoms with E-state index in [9.17, 15) is 0 Å². The number of pyridine rings is 1. The van der Waals surface area contributed by atoms with Gasteiger partial charge in [-0.3, -0.25) is 0 Å². The quantitative estimate of drug-likeness (QED) is 0.688. The van der Waals surface area contributed by atoms with Crippen LogP contribution in [0, 0.1) is 11.3 Å². The van der Waals surface area contributed by atoms with Gasteiger partial charge in [0.05, 0.1) is 22.5 Å². The molecule has 0 aliphatic rings. The standard InChI is InChI=1S/C13H6Cl4N2/c14-8-4-10(15)12(11(16)5-8)9-3-7(1-2-18)6-19-13(9)17/h3-6H,1H2. The average molecular weight is 332 g/mol. The van der Waals surface area contributed by atoms with Crippen LogP contribution in [-0.4, -0.2) is 4.98 Å². The fourth-order valence-electron chi connectivity index (χ4n) is 1.65. The number of hydrogen-bond acceptors (Lipinski definition) is 2. The molecule has 0 spiro atoms. The molecule has 0 saturated heterocycles. The Kier molecular flexibility index (Phi) is 4.54. The zero-order valence-corrected chi connectivity index (χ0v) is 12.4. The van der Waals surface area contributed by atoms with E-state index < -0.39 is 0 Å². The molecule has 1 aromatic carbocycles. The minimum atomic E-state index is 0.236. The summed E-state index contributed by atoms with van der Waals surface area (Å²) in [6.07, 6.45) is 1.78. The number of nitrogens with zero attached hydrogens (tertiary/aromatic N) is 2. The summed E-state index contributed by atoms with van der Waals surface area (Å²) in [5, 5.41) is 10.2. The molecule has 0 atom stereocenters. The average Bonchev–Trinajstić information content (AvgIpc) is 2.32. The zero-order chi connectivity index (χ0) is 14.0. The maximum Gasteiger partial charge on any atom is 0.136 e. The van der Waals surface area contributed by atoms with Crippen LogP contribution in [0.15, 0.2) is 24.4 Å². The topological polar surface area (TPSA) is 36.7 Å². The van der Waals surface area contributed by atoms with Crippen LogP contribution in [0.3, 0.4) is 0 Å². The Balaban J connectivity index is 2.65. The maximum atomic E-state index is 8.72. The van der Waals surface area contributed by atoms with Gasteiger partial charge in [0.15, 0.2) is 0 Å². The van der Waals surface area contributed by atoms with Crippen molar-refractivity contribution >= 4 is 46.4 Å². The van der Waals surface area contributed by atoms with Gasteiger partial charge in [-0.05, 0) is 23.8 Å². The lowest BCUT2D eigenvalue weighted by molar-refractivity contribution is 1.19. The molecule has 1 heterocycles. The van der Waals surface area contributed by atoms with Crippen LogP contribution in [0.4, 0.5) is 0 Å².